The van der Waals surface area contributed by atoms with Crippen molar-refractivity contribution in [3.05, 3.63) is 65.1 Å². The second-order valence-corrected chi connectivity index (χ2v) is 5.87. The molecule has 19 heavy (non-hydrogen) atoms. The molecule has 0 unspecified atom stereocenters. The molecular formula is C13H10N2O3S. The number of fused-ring (bicyclic) bond motifs is 1. The van der Waals surface area contributed by atoms with Crippen molar-refractivity contribution in [1.29, 1.82) is 0 Å². The molecule has 0 spiro atoms. The minimum atomic E-state index is -3.64. The Morgan fingerprint density at radius 3 is 2.42 bits per heavy atom. The third-order valence-electron chi connectivity index (χ3n) is 2.84. The van der Waals surface area contributed by atoms with Gasteiger partial charge in [-0.05, 0) is 24.3 Å². The van der Waals surface area contributed by atoms with Crippen LogP contribution >= 0.6 is 0 Å². The van der Waals surface area contributed by atoms with Gasteiger partial charge in [-0.3, -0.25) is 4.79 Å². The van der Waals surface area contributed by atoms with Crippen LogP contribution in [0.2, 0.25) is 0 Å². The van der Waals surface area contributed by atoms with Gasteiger partial charge in [0.05, 0.1) is 15.9 Å². The van der Waals surface area contributed by atoms with E-state index in [0.29, 0.717) is 11.0 Å². The zero-order chi connectivity index (χ0) is 13.5. The highest BCUT2D eigenvalue weighted by Crippen LogP contribution is 2.19. The van der Waals surface area contributed by atoms with Crippen molar-refractivity contribution in [2.45, 2.75) is 4.90 Å². The number of rotatable bonds is 2. The maximum atomic E-state index is 12.5. The van der Waals surface area contributed by atoms with Gasteiger partial charge in [-0.25, -0.2) is 12.4 Å². The Balaban J connectivity index is 2.28. The number of H-pyrrole nitrogens is 1. The number of pyridine rings is 1. The van der Waals surface area contributed by atoms with Gasteiger partial charge in [0.1, 0.15) is 0 Å². The Labute approximate surface area is 109 Å². The SMILES string of the molecule is O=c1ccc2c(ccn2S(=O)(=O)c2ccccc2)[nH]1. The Bertz CT molecular complexity index is 892. The van der Waals surface area contributed by atoms with E-state index >= 15 is 0 Å². The highest BCUT2D eigenvalue weighted by molar-refractivity contribution is 7.90. The minimum absolute atomic E-state index is 0.207. The second-order valence-electron chi connectivity index (χ2n) is 4.05. The van der Waals surface area contributed by atoms with Crippen LogP contribution in [-0.2, 0) is 10.0 Å². The molecule has 6 heteroatoms. The molecule has 3 rings (SSSR count). The van der Waals surface area contributed by atoms with Crippen LogP contribution in [0.1, 0.15) is 0 Å². The quantitative estimate of drug-likeness (QED) is 0.771. The van der Waals surface area contributed by atoms with Crippen molar-refractivity contribution >= 4 is 21.1 Å². The van der Waals surface area contributed by atoms with E-state index in [9.17, 15) is 13.2 Å². The molecule has 2 heterocycles. The van der Waals surface area contributed by atoms with Gasteiger partial charge in [-0.2, -0.15) is 0 Å². The van der Waals surface area contributed by atoms with Gasteiger partial charge in [0.2, 0.25) is 5.56 Å². The highest BCUT2D eigenvalue weighted by atomic mass is 32.2. The average Bonchev–Trinajstić information content (AvgIpc) is 2.83. The van der Waals surface area contributed by atoms with Crippen LogP contribution in [0.25, 0.3) is 11.0 Å². The molecule has 2 aromatic heterocycles. The van der Waals surface area contributed by atoms with E-state index in [1.165, 1.54) is 30.5 Å². The summed E-state index contributed by atoms with van der Waals surface area (Å²) in [5.74, 6) is 0. The molecule has 96 valence electrons. The van der Waals surface area contributed by atoms with E-state index < -0.39 is 10.0 Å². The molecule has 0 bridgehead atoms. The molecule has 3 aromatic rings. The zero-order valence-electron chi connectivity index (χ0n) is 9.78. The van der Waals surface area contributed by atoms with Gasteiger partial charge in [0, 0.05) is 12.3 Å². The normalized spacial score (nSPS) is 11.8. The topological polar surface area (TPSA) is 71.9 Å². The smallest absolute Gasteiger partial charge is 0.268 e. The summed E-state index contributed by atoms with van der Waals surface area (Å²) >= 11 is 0. The number of aromatic amines is 1. The Morgan fingerprint density at radius 2 is 1.68 bits per heavy atom. The van der Waals surface area contributed by atoms with Crippen LogP contribution in [0.3, 0.4) is 0 Å². The molecule has 0 aliphatic heterocycles. The molecule has 0 aliphatic carbocycles. The number of nitrogens with zero attached hydrogens (tertiary/aromatic N) is 1. The van der Waals surface area contributed by atoms with Gasteiger partial charge >= 0.3 is 0 Å². The fourth-order valence-electron chi connectivity index (χ4n) is 1.94. The first-order chi connectivity index (χ1) is 9.09. The summed E-state index contributed by atoms with van der Waals surface area (Å²) < 4.78 is 26.1. The van der Waals surface area contributed by atoms with Crippen LogP contribution in [0.5, 0.6) is 0 Å². The molecule has 5 nitrogen and oxygen atoms in total. The van der Waals surface area contributed by atoms with Crippen molar-refractivity contribution in [3.63, 3.8) is 0 Å². The molecule has 0 saturated heterocycles. The van der Waals surface area contributed by atoms with Gasteiger partial charge in [-0.1, -0.05) is 18.2 Å². The van der Waals surface area contributed by atoms with Crippen molar-refractivity contribution in [2.75, 3.05) is 0 Å². The maximum Gasteiger partial charge on any atom is 0.268 e. The van der Waals surface area contributed by atoms with Gasteiger partial charge < -0.3 is 4.98 Å². The number of aromatic nitrogens is 2. The first kappa shape index (κ1) is 11.7. The molecule has 0 amide bonds. The predicted molar refractivity (Wildman–Crippen MR) is 71.6 cm³/mol. The van der Waals surface area contributed by atoms with Crippen molar-refractivity contribution in [3.8, 4) is 0 Å². The summed E-state index contributed by atoms with van der Waals surface area (Å²) in [5.41, 5.74) is 0.679. The summed E-state index contributed by atoms with van der Waals surface area (Å²) in [6.45, 7) is 0. The predicted octanol–water partition coefficient (Wildman–Crippen LogP) is 1.57. The summed E-state index contributed by atoms with van der Waals surface area (Å²) in [6, 6.07) is 12.5. The second kappa shape index (κ2) is 4.10. The number of benzene rings is 1. The standard InChI is InChI=1S/C13H10N2O3S/c16-13-7-6-12-11(14-13)8-9-15(12)19(17,18)10-4-2-1-3-5-10/h1-9H,(H,14,16). The van der Waals surface area contributed by atoms with Crippen LogP contribution in [0.15, 0.2) is 64.4 Å². The minimum Gasteiger partial charge on any atom is -0.321 e. The maximum absolute atomic E-state index is 12.5. The average molecular weight is 274 g/mol. The Morgan fingerprint density at radius 1 is 0.947 bits per heavy atom. The van der Waals surface area contributed by atoms with Crippen molar-refractivity contribution in [1.82, 2.24) is 8.96 Å². The molecule has 0 atom stereocenters. The largest absolute Gasteiger partial charge is 0.321 e. The number of nitrogens with one attached hydrogen (secondary N) is 1. The first-order valence-electron chi connectivity index (χ1n) is 5.60. The van der Waals surface area contributed by atoms with E-state index in [4.69, 9.17) is 0 Å². The summed E-state index contributed by atoms with van der Waals surface area (Å²) in [7, 11) is -3.64. The van der Waals surface area contributed by atoms with Crippen LogP contribution in [-0.4, -0.2) is 17.4 Å². The lowest BCUT2D eigenvalue weighted by molar-refractivity contribution is 0.589. The highest BCUT2D eigenvalue weighted by Gasteiger charge is 2.18. The lowest BCUT2D eigenvalue weighted by Gasteiger charge is -2.06. The van der Waals surface area contributed by atoms with E-state index in [-0.39, 0.29) is 10.5 Å². The van der Waals surface area contributed by atoms with E-state index in [1.807, 2.05) is 0 Å². The van der Waals surface area contributed by atoms with Crippen molar-refractivity contribution in [2.24, 2.45) is 0 Å². The molecule has 1 N–H and O–H groups in total. The van der Waals surface area contributed by atoms with Crippen LogP contribution < -0.4 is 5.56 Å². The molecule has 0 fully saturated rings. The Hall–Kier alpha value is -2.34. The number of hydrogen-bond donors (Lipinski definition) is 1. The molecular weight excluding hydrogens is 264 g/mol. The van der Waals surface area contributed by atoms with Gasteiger partial charge in [-0.15, -0.1) is 0 Å². The monoisotopic (exact) mass is 274 g/mol. The molecule has 0 saturated carbocycles. The number of hydrogen-bond acceptors (Lipinski definition) is 3. The fourth-order valence-corrected chi connectivity index (χ4v) is 3.31. The van der Waals surface area contributed by atoms with E-state index in [2.05, 4.69) is 4.98 Å². The van der Waals surface area contributed by atoms with Gasteiger partial charge in [0.15, 0.2) is 0 Å². The summed E-state index contributed by atoms with van der Waals surface area (Å²) in [6.07, 6.45) is 1.43. The van der Waals surface area contributed by atoms with Crippen LogP contribution in [0.4, 0.5) is 0 Å². The first-order valence-corrected chi connectivity index (χ1v) is 7.04. The lowest BCUT2D eigenvalue weighted by atomic mass is 10.4. The Kier molecular flexibility index (Phi) is 2.53. The molecule has 0 radical (unpaired) electrons. The van der Waals surface area contributed by atoms with Gasteiger partial charge in [0.25, 0.3) is 10.0 Å². The van der Waals surface area contributed by atoms with E-state index in [1.54, 1.807) is 24.3 Å². The third kappa shape index (κ3) is 1.86. The summed E-state index contributed by atoms with van der Waals surface area (Å²) in [5, 5.41) is 0. The van der Waals surface area contributed by atoms with Crippen LogP contribution in [0, 0.1) is 0 Å². The van der Waals surface area contributed by atoms with Crippen molar-refractivity contribution < 1.29 is 8.42 Å². The molecule has 0 aliphatic rings. The lowest BCUT2D eigenvalue weighted by Crippen LogP contribution is -2.12. The van der Waals surface area contributed by atoms with E-state index in [0.717, 1.165) is 3.97 Å². The summed E-state index contributed by atoms with van der Waals surface area (Å²) in [4.78, 5) is 14.0. The third-order valence-corrected chi connectivity index (χ3v) is 4.54. The fraction of sp³-hybridized carbons (Fsp3) is 0. The zero-order valence-corrected chi connectivity index (χ0v) is 10.6. The molecule has 1 aromatic carbocycles.